The van der Waals surface area contributed by atoms with Gasteiger partial charge in [0.15, 0.2) is 6.10 Å². The number of carbonyl (C=O) groups excluding carboxylic acids is 1. The molecule has 3 nitrogen and oxygen atoms in total. The lowest BCUT2D eigenvalue weighted by Crippen LogP contribution is -2.45. The van der Waals surface area contributed by atoms with Crippen LogP contribution in [0.25, 0.3) is 0 Å². The molecule has 1 amide bonds. The molecule has 0 unspecified atom stereocenters. The fourth-order valence-electron chi connectivity index (χ4n) is 2.41. The highest BCUT2D eigenvalue weighted by molar-refractivity contribution is 6.30. The van der Waals surface area contributed by atoms with Gasteiger partial charge < -0.3 is 9.64 Å². The Balaban J connectivity index is 1.93. The van der Waals surface area contributed by atoms with Gasteiger partial charge in [0.1, 0.15) is 5.75 Å². The van der Waals surface area contributed by atoms with Crippen LogP contribution in [0.3, 0.4) is 0 Å². The van der Waals surface area contributed by atoms with E-state index in [2.05, 4.69) is 6.92 Å². The predicted molar refractivity (Wildman–Crippen MR) is 76.5 cm³/mol. The van der Waals surface area contributed by atoms with Crippen molar-refractivity contribution >= 4 is 17.5 Å². The third-order valence-electron chi connectivity index (χ3n) is 3.44. The summed E-state index contributed by atoms with van der Waals surface area (Å²) < 4.78 is 5.67. The minimum Gasteiger partial charge on any atom is -0.481 e. The molecule has 1 aliphatic rings. The van der Waals surface area contributed by atoms with Gasteiger partial charge in [0, 0.05) is 18.1 Å². The zero-order valence-corrected chi connectivity index (χ0v) is 12.2. The van der Waals surface area contributed by atoms with Crippen LogP contribution < -0.4 is 4.74 Å². The molecule has 0 spiro atoms. The van der Waals surface area contributed by atoms with Gasteiger partial charge in [-0.1, -0.05) is 18.5 Å². The molecule has 0 bridgehead atoms. The summed E-state index contributed by atoms with van der Waals surface area (Å²) in [6, 6.07) is 7.09. The van der Waals surface area contributed by atoms with Gasteiger partial charge in [-0.15, -0.1) is 0 Å². The Labute approximate surface area is 119 Å². The monoisotopic (exact) mass is 281 g/mol. The second-order valence-corrected chi connectivity index (χ2v) is 5.68. The van der Waals surface area contributed by atoms with E-state index in [-0.39, 0.29) is 5.91 Å². The van der Waals surface area contributed by atoms with Crippen LogP contribution in [-0.4, -0.2) is 30.0 Å². The van der Waals surface area contributed by atoms with Gasteiger partial charge >= 0.3 is 0 Å². The van der Waals surface area contributed by atoms with Crippen molar-refractivity contribution in [1.82, 2.24) is 4.90 Å². The smallest absolute Gasteiger partial charge is 0.263 e. The minimum atomic E-state index is -0.452. The summed E-state index contributed by atoms with van der Waals surface area (Å²) in [5.74, 6) is 1.33. The molecule has 0 radical (unpaired) electrons. The van der Waals surface area contributed by atoms with Crippen molar-refractivity contribution in [3.05, 3.63) is 29.3 Å². The standard InChI is InChI=1S/C15H20ClNO2/c1-11-4-3-9-17(10-11)15(18)12(2)19-14-7-5-13(16)6-8-14/h5-8,11-12H,3-4,9-10H2,1-2H3/t11-,12-/m0/s1. The average Bonchev–Trinajstić information content (AvgIpc) is 2.40. The van der Waals surface area contributed by atoms with Crippen LogP contribution >= 0.6 is 11.6 Å². The normalized spacial score (nSPS) is 21.0. The Kier molecular flexibility index (Phi) is 4.70. The predicted octanol–water partition coefficient (Wildman–Crippen LogP) is 3.37. The first-order chi connectivity index (χ1) is 9.06. The number of nitrogens with zero attached hydrogens (tertiary/aromatic N) is 1. The SMILES string of the molecule is C[C@H]1CCCN(C(=O)[C@H](C)Oc2ccc(Cl)cc2)C1. The molecule has 1 aliphatic heterocycles. The Morgan fingerprint density at radius 3 is 2.74 bits per heavy atom. The van der Waals surface area contributed by atoms with Crippen LogP contribution in [0, 0.1) is 5.92 Å². The third kappa shape index (κ3) is 3.87. The Morgan fingerprint density at radius 1 is 1.42 bits per heavy atom. The molecule has 104 valence electrons. The first-order valence-corrected chi connectivity index (χ1v) is 7.15. The lowest BCUT2D eigenvalue weighted by molar-refractivity contribution is -0.139. The number of piperidine rings is 1. The molecule has 2 rings (SSSR count). The topological polar surface area (TPSA) is 29.5 Å². The third-order valence-corrected chi connectivity index (χ3v) is 3.69. The van der Waals surface area contributed by atoms with E-state index in [4.69, 9.17) is 16.3 Å². The largest absolute Gasteiger partial charge is 0.481 e. The zero-order valence-electron chi connectivity index (χ0n) is 11.4. The first-order valence-electron chi connectivity index (χ1n) is 6.77. The summed E-state index contributed by atoms with van der Waals surface area (Å²) in [4.78, 5) is 14.2. The molecule has 1 aromatic carbocycles. The number of halogens is 1. The number of hydrogen-bond donors (Lipinski definition) is 0. The molecule has 0 aromatic heterocycles. The van der Waals surface area contributed by atoms with Crippen molar-refractivity contribution in [2.24, 2.45) is 5.92 Å². The maximum Gasteiger partial charge on any atom is 0.263 e. The minimum absolute atomic E-state index is 0.0708. The average molecular weight is 282 g/mol. The van der Waals surface area contributed by atoms with E-state index < -0.39 is 6.10 Å². The number of benzene rings is 1. The Hall–Kier alpha value is -1.22. The molecule has 0 aliphatic carbocycles. The Morgan fingerprint density at radius 2 is 2.11 bits per heavy atom. The van der Waals surface area contributed by atoms with Crippen molar-refractivity contribution in [2.75, 3.05) is 13.1 Å². The number of likely N-dealkylation sites (tertiary alicyclic amines) is 1. The second-order valence-electron chi connectivity index (χ2n) is 5.25. The van der Waals surface area contributed by atoms with E-state index in [9.17, 15) is 4.79 Å². The highest BCUT2D eigenvalue weighted by Crippen LogP contribution is 2.19. The highest BCUT2D eigenvalue weighted by Gasteiger charge is 2.25. The van der Waals surface area contributed by atoms with Gasteiger partial charge in [0.2, 0.25) is 0 Å². The zero-order chi connectivity index (χ0) is 13.8. The first kappa shape index (κ1) is 14.2. The molecular formula is C15H20ClNO2. The molecule has 4 heteroatoms. The fraction of sp³-hybridized carbons (Fsp3) is 0.533. The van der Waals surface area contributed by atoms with Crippen molar-refractivity contribution in [2.45, 2.75) is 32.8 Å². The van der Waals surface area contributed by atoms with Gasteiger partial charge in [-0.05, 0) is 49.9 Å². The summed E-state index contributed by atoms with van der Waals surface area (Å²) in [5, 5.41) is 0.663. The molecule has 0 N–H and O–H groups in total. The maximum absolute atomic E-state index is 12.3. The van der Waals surface area contributed by atoms with Crippen molar-refractivity contribution in [1.29, 1.82) is 0 Å². The van der Waals surface area contributed by atoms with Crippen LogP contribution in [0.2, 0.25) is 5.02 Å². The van der Waals surface area contributed by atoms with Crippen molar-refractivity contribution in [3.63, 3.8) is 0 Å². The summed E-state index contributed by atoms with van der Waals surface area (Å²) in [6.07, 6.45) is 1.84. The molecule has 1 aromatic rings. The summed E-state index contributed by atoms with van der Waals surface area (Å²) in [5.41, 5.74) is 0. The van der Waals surface area contributed by atoms with Gasteiger partial charge in [-0.2, -0.15) is 0 Å². The van der Waals surface area contributed by atoms with Gasteiger partial charge in [-0.3, -0.25) is 4.79 Å². The Bertz CT molecular complexity index is 432. The molecule has 1 heterocycles. The van der Waals surface area contributed by atoms with Gasteiger partial charge in [0.05, 0.1) is 0 Å². The summed E-state index contributed by atoms with van der Waals surface area (Å²) >= 11 is 5.82. The highest BCUT2D eigenvalue weighted by atomic mass is 35.5. The van der Waals surface area contributed by atoms with E-state index in [0.717, 1.165) is 19.5 Å². The van der Waals surface area contributed by atoms with Crippen LogP contribution in [-0.2, 0) is 4.79 Å². The quantitative estimate of drug-likeness (QED) is 0.850. The van der Waals surface area contributed by atoms with Crippen LogP contribution in [0.5, 0.6) is 5.75 Å². The van der Waals surface area contributed by atoms with Gasteiger partial charge in [0.25, 0.3) is 5.91 Å². The van der Waals surface area contributed by atoms with Gasteiger partial charge in [-0.25, -0.2) is 0 Å². The lowest BCUT2D eigenvalue weighted by Gasteiger charge is -2.32. The van der Waals surface area contributed by atoms with E-state index in [1.54, 1.807) is 31.2 Å². The summed E-state index contributed by atoms with van der Waals surface area (Å²) in [7, 11) is 0. The molecule has 1 fully saturated rings. The van der Waals surface area contributed by atoms with E-state index >= 15 is 0 Å². The molecule has 0 saturated carbocycles. The van der Waals surface area contributed by atoms with Crippen molar-refractivity contribution in [3.8, 4) is 5.75 Å². The lowest BCUT2D eigenvalue weighted by atomic mass is 10.00. The van der Waals surface area contributed by atoms with E-state index in [1.165, 1.54) is 6.42 Å². The number of carbonyl (C=O) groups is 1. The van der Waals surface area contributed by atoms with Crippen molar-refractivity contribution < 1.29 is 9.53 Å². The van der Waals surface area contributed by atoms with Crippen LogP contribution in [0.15, 0.2) is 24.3 Å². The summed E-state index contributed by atoms with van der Waals surface area (Å²) in [6.45, 7) is 5.67. The molecular weight excluding hydrogens is 262 g/mol. The second kappa shape index (κ2) is 6.29. The van der Waals surface area contributed by atoms with Crippen LogP contribution in [0.1, 0.15) is 26.7 Å². The number of amides is 1. The maximum atomic E-state index is 12.3. The van der Waals surface area contributed by atoms with E-state index in [0.29, 0.717) is 16.7 Å². The molecule has 2 atom stereocenters. The number of hydrogen-bond acceptors (Lipinski definition) is 2. The van der Waals surface area contributed by atoms with Crippen LogP contribution in [0.4, 0.5) is 0 Å². The molecule has 19 heavy (non-hydrogen) atoms. The number of ether oxygens (including phenoxy) is 1. The molecule has 1 saturated heterocycles. The van der Waals surface area contributed by atoms with E-state index in [1.807, 2.05) is 4.90 Å². The number of rotatable bonds is 3. The fourth-order valence-corrected chi connectivity index (χ4v) is 2.54.